The number of carbonyl (C=O) groups is 1. The van der Waals surface area contributed by atoms with E-state index in [0.29, 0.717) is 25.9 Å². The number of nitrogens with zero attached hydrogens (tertiary/aromatic N) is 2. The van der Waals surface area contributed by atoms with E-state index in [9.17, 15) is 13.2 Å². The summed E-state index contributed by atoms with van der Waals surface area (Å²) in [6, 6.07) is 0. The number of hydrogen-bond donors (Lipinski definition) is 1. The topological polar surface area (TPSA) is 69.7 Å². The minimum absolute atomic E-state index is 0.0405. The molecule has 0 aromatic carbocycles. The smallest absolute Gasteiger partial charge is 0.281 e. The average molecular weight is 305 g/mol. The van der Waals surface area contributed by atoms with Gasteiger partial charge in [-0.25, -0.2) is 0 Å². The highest BCUT2D eigenvalue weighted by molar-refractivity contribution is 7.86. The zero-order valence-electron chi connectivity index (χ0n) is 13.1. The summed E-state index contributed by atoms with van der Waals surface area (Å²) in [5.74, 6) is -0.0480. The first-order valence-electron chi connectivity index (χ1n) is 7.10. The van der Waals surface area contributed by atoms with Crippen LogP contribution in [0.25, 0.3) is 0 Å². The predicted octanol–water partition coefficient (Wildman–Crippen LogP) is 0.810. The second kappa shape index (κ2) is 6.41. The summed E-state index contributed by atoms with van der Waals surface area (Å²) in [6.45, 7) is 6.84. The molecule has 1 rings (SSSR count). The summed E-state index contributed by atoms with van der Waals surface area (Å²) >= 11 is 0. The molecule has 0 bridgehead atoms. The van der Waals surface area contributed by atoms with Gasteiger partial charge < -0.3 is 5.32 Å². The molecule has 1 aliphatic rings. The van der Waals surface area contributed by atoms with Crippen molar-refractivity contribution < 1.29 is 13.2 Å². The Morgan fingerprint density at radius 3 is 2.20 bits per heavy atom. The van der Waals surface area contributed by atoms with E-state index in [1.54, 1.807) is 0 Å². The lowest BCUT2D eigenvalue weighted by atomic mass is 9.94. The van der Waals surface area contributed by atoms with Crippen LogP contribution in [0.5, 0.6) is 0 Å². The summed E-state index contributed by atoms with van der Waals surface area (Å²) in [5.41, 5.74) is -0.204. The molecule has 6 nitrogen and oxygen atoms in total. The third-order valence-electron chi connectivity index (χ3n) is 3.96. The van der Waals surface area contributed by atoms with E-state index >= 15 is 0 Å². The Bertz CT molecular complexity index is 438. The first-order chi connectivity index (χ1) is 9.10. The molecule has 1 amide bonds. The molecule has 20 heavy (non-hydrogen) atoms. The molecule has 1 saturated heterocycles. The number of carbonyl (C=O) groups excluding carboxylic acids is 1. The second-order valence-corrected chi connectivity index (χ2v) is 8.33. The summed E-state index contributed by atoms with van der Waals surface area (Å²) < 4.78 is 26.6. The number of rotatable bonds is 5. The van der Waals surface area contributed by atoms with E-state index in [1.165, 1.54) is 22.7 Å². The Morgan fingerprint density at radius 1 is 1.30 bits per heavy atom. The maximum absolute atomic E-state index is 12.2. The third kappa shape index (κ3) is 4.17. The fourth-order valence-electron chi connectivity index (χ4n) is 2.10. The largest absolute Gasteiger partial charge is 0.351 e. The quantitative estimate of drug-likeness (QED) is 0.817. The highest BCUT2D eigenvalue weighted by atomic mass is 32.2. The Kier molecular flexibility index (Phi) is 5.57. The molecule has 0 radical (unpaired) electrons. The standard InChI is InChI=1S/C13H27N3O3S/c1-6-13(2,3)14-12(17)11-7-9-16(10-8-11)20(18,19)15(4)5/h11H,6-10H2,1-5H3,(H,14,17). The van der Waals surface area contributed by atoms with Crippen LogP contribution in [0.4, 0.5) is 0 Å². The number of piperidine rings is 1. The number of nitrogens with one attached hydrogen (secondary N) is 1. The minimum atomic E-state index is -3.35. The van der Waals surface area contributed by atoms with E-state index in [1.807, 2.05) is 20.8 Å². The van der Waals surface area contributed by atoms with Crippen LogP contribution >= 0.6 is 0 Å². The lowest BCUT2D eigenvalue weighted by molar-refractivity contribution is -0.127. The monoisotopic (exact) mass is 305 g/mol. The van der Waals surface area contributed by atoms with E-state index < -0.39 is 10.2 Å². The molecule has 0 unspecified atom stereocenters. The van der Waals surface area contributed by atoms with E-state index in [2.05, 4.69) is 5.32 Å². The molecule has 0 aromatic rings. The maximum atomic E-state index is 12.2. The molecule has 0 aromatic heterocycles. The molecule has 118 valence electrons. The third-order valence-corrected chi connectivity index (χ3v) is 5.90. The Hall–Kier alpha value is -0.660. The van der Waals surface area contributed by atoms with E-state index in [4.69, 9.17) is 0 Å². The molecule has 0 atom stereocenters. The summed E-state index contributed by atoms with van der Waals surface area (Å²) in [4.78, 5) is 12.2. The van der Waals surface area contributed by atoms with Crippen LogP contribution in [0.15, 0.2) is 0 Å². The molecule has 1 aliphatic heterocycles. The zero-order chi connectivity index (χ0) is 15.6. The van der Waals surface area contributed by atoms with E-state index in [0.717, 1.165) is 6.42 Å². The van der Waals surface area contributed by atoms with E-state index in [-0.39, 0.29) is 17.4 Å². The molecular weight excluding hydrogens is 278 g/mol. The van der Waals surface area contributed by atoms with Gasteiger partial charge in [-0.3, -0.25) is 4.79 Å². The lowest BCUT2D eigenvalue weighted by Crippen LogP contribution is -2.50. The van der Waals surface area contributed by atoms with Gasteiger partial charge in [0.25, 0.3) is 10.2 Å². The van der Waals surface area contributed by atoms with Gasteiger partial charge in [0, 0.05) is 38.6 Å². The van der Waals surface area contributed by atoms with Gasteiger partial charge in [0.1, 0.15) is 0 Å². The molecular formula is C13H27N3O3S. The van der Waals surface area contributed by atoms with Crippen molar-refractivity contribution in [2.45, 2.75) is 45.6 Å². The fourth-order valence-corrected chi connectivity index (χ4v) is 3.24. The Labute approximate surface area is 122 Å². The summed E-state index contributed by atoms with van der Waals surface area (Å²) in [6.07, 6.45) is 2.03. The van der Waals surface area contributed by atoms with Gasteiger partial charge in [-0.1, -0.05) is 6.92 Å². The molecule has 0 aliphatic carbocycles. The Balaban J connectivity index is 2.57. The van der Waals surface area contributed by atoms with Gasteiger partial charge in [-0.15, -0.1) is 0 Å². The van der Waals surface area contributed by atoms with Crippen LogP contribution in [0, 0.1) is 5.92 Å². The first-order valence-corrected chi connectivity index (χ1v) is 8.49. The normalized spacial score (nSPS) is 19.3. The summed E-state index contributed by atoms with van der Waals surface area (Å²) in [7, 11) is -0.303. The van der Waals surface area contributed by atoms with Crippen molar-refractivity contribution in [1.29, 1.82) is 0 Å². The Morgan fingerprint density at radius 2 is 1.80 bits per heavy atom. The molecule has 0 spiro atoms. The van der Waals surface area contributed by atoms with Crippen molar-refractivity contribution in [2.75, 3.05) is 27.2 Å². The fraction of sp³-hybridized carbons (Fsp3) is 0.923. The zero-order valence-corrected chi connectivity index (χ0v) is 14.0. The number of amides is 1. The van der Waals surface area contributed by atoms with Crippen molar-refractivity contribution in [3.05, 3.63) is 0 Å². The molecule has 1 fully saturated rings. The molecule has 1 heterocycles. The van der Waals surface area contributed by atoms with Crippen molar-refractivity contribution in [3.8, 4) is 0 Å². The van der Waals surface area contributed by atoms with Crippen molar-refractivity contribution in [3.63, 3.8) is 0 Å². The van der Waals surface area contributed by atoms with Crippen molar-refractivity contribution in [1.82, 2.24) is 13.9 Å². The lowest BCUT2D eigenvalue weighted by Gasteiger charge is -2.34. The minimum Gasteiger partial charge on any atom is -0.351 e. The highest BCUT2D eigenvalue weighted by Gasteiger charge is 2.33. The van der Waals surface area contributed by atoms with Crippen LogP contribution in [-0.4, -0.2) is 55.7 Å². The molecule has 1 N–H and O–H groups in total. The van der Waals surface area contributed by atoms with Gasteiger partial charge in [-0.2, -0.15) is 17.0 Å². The van der Waals surface area contributed by atoms with Gasteiger partial charge in [0.05, 0.1) is 0 Å². The van der Waals surface area contributed by atoms with Crippen LogP contribution < -0.4 is 5.32 Å². The van der Waals surface area contributed by atoms with Crippen LogP contribution in [0.3, 0.4) is 0 Å². The maximum Gasteiger partial charge on any atom is 0.281 e. The predicted molar refractivity (Wildman–Crippen MR) is 79.4 cm³/mol. The molecule has 7 heteroatoms. The van der Waals surface area contributed by atoms with Gasteiger partial charge >= 0.3 is 0 Å². The average Bonchev–Trinajstić information content (AvgIpc) is 2.38. The number of hydrogen-bond acceptors (Lipinski definition) is 3. The van der Waals surface area contributed by atoms with Crippen LogP contribution in [0.1, 0.15) is 40.0 Å². The highest BCUT2D eigenvalue weighted by Crippen LogP contribution is 2.21. The van der Waals surface area contributed by atoms with Gasteiger partial charge in [0.15, 0.2) is 0 Å². The first kappa shape index (κ1) is 17.4. The SMILES string of the molecule is CCC(C)(C)NC(=O)C1CCN(S(=O)(=O)N(C)C)CC1. The van der Waals surface area contributed by atoms with Crippen LogP contribution in [0.2, 0.25) is 0 Å². The molecule has 0 saturated carbocycles. The van der Waals surface area contributed by atoms with Gasteiger partial charge in [-0.05, 0) is 33.1 Å². The van der Waals surface area contributed by atoms with Crippen molar-refractivity contribution >= 4 is 16.1 Å². The summed E-state index contributed by atoms with van der Waals surface area (Å²) in [5, 5.41) is 3.03. The van der Waals surface area contributed by atoms with Crippen molar-refractivity contribution in [2.24, 2.45) is 5.92 Å². The van der Waals surface area contributed by atoms with Crippen LogP contribution in [-0.2, 0) is 15.0 Å². The second-order valence-electron chi connectivity index (χ2n) is 6.19. The van der Waals surface area contributed by atoms with Gasteiger partial charge in [0.2, 0.25) is 5.91 Å².